The first-order valence-electron chi connectivity index (χ1n) is 4.85. The quantitative estimate of drug-likeness (QED) is 0.729. The van der Waals surface area contributed by atoms with Gasteiger partial charge in [-0.25, -0.2) is 4.79 Å². The van der Waals surface area contributed by atoms with E-state index in [1.807, 2.05) is 31.2 Å². The Morgan fingerprint density at radius 2 is 2.33 bits per heavy atom. The van der Waals surface area contributed by atoms with Crippen molar-refractivity contribution >= 4 is 6.09 Å². The number of aryl methyl sites for hydroxylation is 1. The van der Waals surface area contributed by atoms with E-state index in [0.29, 0.717) is 19.6 Å². The molecule has 2 N–H and O–H groups in total. The summed E-state index contributed by atoms with van der Waals surface area (Å²) in [6.07, 6.45) is -0.328. The molecule has 0 spiro atoms. The van der Waals surface area contributed by atoms with E-state index in [2.05, 4.69) is 5.32 Å². The summed E-state index contributed by atoms with van der Waals surface area (Å²) < 4.78 is 5.44. The predicted molar refractivity (Wildman–Crippen MR) is 57.3 cm³/mol. The molecule has 1 rings (SSSR count). The average molecular weight is 209 g/mol. The van der Waals surface area contributed by atoms with E-state index in [-0.39, 0.29) is 0 Å². The van der Waals surface area contributed by atoms with Crippen LogP contribution in [0.5, 0.6) is 5.75 Å². The lowest BCUT2D eigenvalue weighted by molar-refractivity contribution is 0.193. The van der Waals surface area contributed by atoms with Gasteiger partial charge in [-0.05, 0) is 31.0 Å². The molecular weight excluding hydrogens is 194 g/mol. The molecule has 0 radical (unpaired) electrons. The molecule has 0 aromatic heterocycles. The Bertz CT molecular complexity index is 325. The Balaban J connectivity index is 2.17. The Labute approximate surface area is 88.9 Å². The summed E-state index contributed by atoms with van der Waals surface area (Å²) in [7, 11) is 0. The van der Waals surface area contributed by atoms with Crippen LogP contribution in [0.2, 0.25) is 0 Å². The normalized spacial score (nSPS) is 9.67. The number of hydrogen-bond acceptors (Lipinski definition) is 2. The van der Waals surface area contributed by atoms with E-state index in [1.165, 1.54) is 0 Å². The lowest BCUT2D eigenvalue weighted by Crippen LogP contribution is -2.23. The minimum atomic E-state index is -0.995. The average Bonchev–Trinajstić information content (AvgIpc) is 2.17. The van der Waals surface area contributed by atoms with Gasteiger partial charge in [0.2, 0.25) is 0 Å². The second kappa shape index (κ2) is 5.90. The number of rotatable bonds is 5. The zero-order chi connectivity index (χ0) is 11.1. The van der Waals surface area contributed by atoms with Crippen molar-refractivity contribution in [3.05, 3.63) is 29.8 Å². The Kier molecular flexibility index (Phi) is 4.47. The molecule has 0 saturated carbocycles. The smallest absolute Gasteiger partial charge is 0.404 e. The van der Waals surface area contributed by atoms with E-state index < -0.39 is 6.09 Å². The highest BCUT2D eigenvalue weighted by atomic mass is 16.5. The van der Waals surface area contributed by atoms with Crippen molar-refractivity contribution in [1.29, 1.82) is 0 Å². The largest absolute Gasteiger partial charge is 0.494 e. The highest BCUT2D eigenvalue weighted by Gasteiger charge is 1.95. The molecule has 0 unspecified atom stereocenters. The predicted octanol–water partition coefficient (Wildman–Crippen LogP) is 2.03. The molecule has 4 nitrogen and oxygen atoms in total. The second-order valence-electron chi connectivity index (χ2n) is 3.25. The molecule has 0 aliphatic heterocycles. The minimum absolute atomic E-state index is 0.418. The van der Waals surface area contributed by atoms with Crippen LogP contribution in [-0.2, 0) is 0 Å². The molecule has 15 heavy (non-hydrogen) atoms. The Morgan fingerprint density at radius 1 is 1.53 bits per heavy atom. The number of carbonyl (C=O) groups is 1. The van der Waals surface area contributed by atoms with Gasteiger partial charge in [0.05, 0.1) is 6.61 Å². The molecule has 0 aliphatic rings. The molecular formula is C11H15NO3. The molecule has 0 fully saturated rings. The SMILES string of the molecule is Cc1cccc(OCCCNC(=O)O)c1. The topological polar surface area (TPSA) is 58.6 Å². The fraction of sp³-hybridized carbons (Fsp3) is 0.364. The minimum Gasteiger partial charge on any atom is -0.494 e. The van der Waals surface area contributed by atoms with Crippen LogP contribution in [0.1, 0.15) is 12.0 Å². The van der Waals surface area contributed by atoms with E-state index in [0.717, 1.165) is 11.3 Å². The van der Waals surface area contributed by atoms with Crippen LogP contribution in [0.3, 0.4) is 0 Å². The first-order chi connectivity index (χ1) is 7.18. The fourth-order valence-electron chi connectivity index (χ4n) is 1.16. The lowest BCUT2D eigenvalue weighted by Gasteiger charge is -2.06. The van der Waals surface area contributed by atoms with Crippen LogP contribution < -0.4 is 10.1 Å². The van der Waals surface area contributed by atoms with Crippen molar-refractivity contribution < 1.29 is 14.6 Å². The lowest BCUT2D eigenvalue weighted by atomic mass is 10.2. The first-order valence-corrected chi connectivity index (χ1v) is 4.85. The van der Waals surface area contributed by atoms with Gasteiger partial charge in [-0.2, -0.15) is 0 Å². The van der Waals surface area contributed by atoms with Crippen molar-refractivity contribution in [1.82, 2.24) is 5.32 Å². The summed E-state index contributed by atoms with van der Waals surface area (Å²) in [6.45, 7) is 2.93. The third-order valence-corrected chi connectivity index (χ3v) is 1.86. The van der Waals surface area contributed by atoms with Gasteiger partial charge in [0.15, 0.2) is 0 Å². The number of nitrogens with one attached hydrogen (secondary N) is 1. The number of benzene rings is 1. The summed E-state index contributed by atoms with van der Waals surface area (Å²) in [6, 6.07) is 7.77. The van der Waals surface area contributed by atoms with E-state index >= 15 is 0 Å². The fourth-order valence-corrected chi connectivity index (χ4v) is 1.16. The van der Waals surface area contributed by atoms with Gasteiger partial charge in [-0.1, -0.05) is 12.1 Å². The summed E-state index contributed by atoms with van der Waals surface area (Å²) in [5.41, 5.74) is 1.15. The van der Waals surface area contributed by atoms with Crippen LogP contribution in [0, 0.1) is 6.92 Å². The standard InChI is InChI=1S/C11H15NO3/c1-9-4-2-5-10(8-9)15-7-3-6-12-11(13)14/h2,4-5,8,12H,3,6-7H2,1H3,(H,13,14). The molecule has 82 valence electrons. The van der Waals surface area contributed by atoms with Gasteiger partial charge in [0.1, 0.15) is 5.75 Å². The molecule has 1 aromatic rings. The molecule has 0 bridgehead atoms. The molecule has 0 heterocycles. The van der Waals surface area contributed by atoms with Gasteiger partial charge >= 0.3 is 6.09 Å². The molecule has 0 aliphatic carbocycles. The molecule has 1 amide bonds. The summed E-state index contributed by atoms with van der Waals surface area (Å²) in [5.74, 6) is 0.824. The Hall–Kier alpha value is -1.71. The van der Waals surface area contributed by atoms with E-state index in [4.69, 9.17) is 9.84 Å². The van der Waals surface area contributed by atoms with Gasteiger partial charge in [0, 0.05) is 6.54 Å². The number of hydrogen-bond donors (Lipinski definition) is 2. The highest BCUT2D eigenvalue weighted by molar-refractivity contribution is 5.64. The van der Waals surface area contributed by atoms with E-state index in [9.17, 15) is 4.79 Å². The number of ether oxygens (including phenoxy) is 1. The third kappa shape index (κ3) is 4.90. The van der Waals surface area contributed by atoms with Gasteiger partial charge in [0.25, 0.3) is 0 Å². The van der Waals surface area contributed by atoms with Crippen molar-refractivity contribution in [3.63, 3.8) is 0 Å². The maximum Gasteiger partial charge on any atom is 0.404 e. The zero-order valence-electron chi connectivity index (χ0n) is 8.69. The van der Waals surface area contributed by atoms with Crippen LogP contribution in [0.25, 0.3) is 0 Å². The van der Waals surface area contributed by atoms with Crippen molar-refractivity contribution in [3.8, 4) is 5.75 Å². The highest BCUT2D eigenvalue weighted by Crippen LogP contribution is 2.12. The zero-order valence-corrected chi connectivity index (χ0v) is 8.69. The second-order valence-corrected chi connectivity index (χ2v) is 3.25. The number of amides is 1. The van der Waals surface area contributed by atoms with Crippen LogP contribution in [-0.4, -0.2) is 24.4 Å². The van der Waals surface area contributed by atoms with Gasteiger partial charge < -0.3 is 15.2 Å². The summed E-state index contributed by atoms with van der Waals surface area (Å²) in [5, 5.41) is 10.6. The van der Waals surface area contributed by atoms with E-state index in [1.54, 1.807) is 0 Å². The molecule has 1 aromatic carbocycles. The van der Waals surface area contributed by atoms with Crippen LogP contribution in [0.4, 0.5) is 4.79 Å². The van der Waals surface area contributed by atoms with Gasteiger partial charge in [-0.15, -0.1) is 0 Å². The van der Waals surface area contributed by atoms with Crippen LogP contribution >= 0.6 is 0 Å². The summed E-state index contributed by atoms with van der Waals surface area (Å²) >= 11 is 0. The monoisotopic (exact) mass is 209 g/mol. The van der Waals surface area contributed by atoms with Gasteiger partial charge in [-0.3, -0.25) is 0 Å². The molecule has 4 heteroatoms. The third-order valence-electron chi connectivity index (χ3n) is 1.86. The maximum atomic E-state index is 10.1. The Morgan fingerprint density at radius 3 is 3.00 bits per heavy atom. The van der Waals surface area contributed by atoms with Crippen molar-refractivity contribution in [2.45, 2.75) is 13.3 Å². The van der Waals surface area contributed by atoms with Crippen molar-refractivity contribution in [2.75, 3.05) is 13.2 Å². The maximum absolute atomic E-state index is 10.1. The molecule has 0 atom stereocenters. The first kappa shape index (κ1) is 11.4. The molecule has 0 saturated heterocycles. The summed E-state index contributed by atoms with van der Waals surface area (Å²) in [4.78, 5) is 10.1. The number of carboxylic acid groups (broad SMARTS) is 1. The van der Waals surface area contributed by atoms with Crippen LogP contribution in [0.15, 0.2) is 24.3 Å². The van der Waals surface area contributed by atoms with Crippen molar-refractivity contribution in [2.24, 2.45) is 0 Å².